The first-order valence-electron chi connectivity index (χ1n) is 10.4. The van der Waals surface area contributed by atoms with Crippen LogP contribution in [0, 0.1) is 13.8 Å². The number of carbonyl (C=O) groups excluding carboxylic acids is 1. The molecule has 4 aromatic rings. The van der Waals surface area contributed by atoms with Crippen LogP contribution in [0.25, 0.3) is 16.2 Å². The third kappa shape index (κ3) is 4.01. The number of thiazole rings is 1. The minimum atomic E-state index is -0.179. The Labute approximate surface area is 184 Å². The first-order valence-corrected chi connectivity index (χ1v) is 11.3. The standard InChI is InChI=1S/C23H25N5O2S/c1-15-11-19(16(2)30-15)22(29)25-20-6-4-3-5-18(20)21-13-28-17(14-31-23(28)26-21)12-27-9-7-24-8-10-27/h3-6,11,13-14,24H,7-10,12H2,1-2H3,(H,25,29). The van der Waals surface area contributed by atoms with Gasteiger partial charge in [-0.25, -0.2) is 4.98 Å². The van der Waals surface area contributed by atoms with Crippen molar-refractivity contribution in [1.29, 1.82) is 0 Å². The van der Waals surface area contributed by atoms with E-state index >= 15 is 0 Å². The van der Waals surface area contributed by atoms with E-state index in [0.29, 0.717) is 11.3 Å². The van der Waals surface area contributed by atoms with E-state index in [0.717, 1.165) is 60.4 Å². The molecule has 31 heavy (non-hydrogen) atoms. The van der Waals surface area contributed by atoms with Crippen molar-refractivity contribution in [2.45, 2.75) is 20.4 Å². The lowest BCUT2D eigenvalue weighted by Gasteiger charge is -2.26. The number of piperazine rings is 1. The summed E-state index contributed by atoms with van der Waals surface area (Å²) in [7, 11) is 0. The predicted octanol–water partition coefficient (Wildman–Crippen LogP) is 3.93. The lowest BCUT2D eigenvalue weighted by Crippen LogP contribution is -2.43. The number of hydrogen-bond donors (Lipinski definition) is 2. The third-order valence-electron chi connectivity index (χ3n) is 5.62. The highest BCUT2D eigenvalue weighted by Crippen LogP contribution is 2.30. The van der Waals surface area contributed by atoms with E-state index in [9.17, 15) is 4.79 Å². The summed E-state index contributed by atoms with van der Waals surface area (Å²) in [5, 5.41) is 8.62. The molecule has 0 unspecified atom stereocenters. The molecule has 0 spiro atoms. The van der Waals surface area contributed by atoms with Gasteiger partial charge in [0.1, 0.15) is 11.5 Å². The van der Waals surface area contributed by atoms with E-state index in [2.05, 4.69) is 31.5 Å². The third-order valence-corrected chi connectivity index (χ3v) is 6.50. The Bertz CT molecular complexity index is 1230. The van der Waals surface area contributed by atoms with Crippen molar-refractivity contribution in [3.8, 4) is 11.3 Å². The average Bonchev–Trinajstić information content (AvgIpc) is 3.44. The zero-order valence-corrected chi connectivity index (χ0v) is 18.5. The highest BCUT2D eigenvalue weighted by Gasteiger charge is 2.18. The van der Waals surface area contributed by atoms with Crippen molar-refractivity contribution in [2.75, 3.05) is 31.5 Å². The van der Waals surface area contributed by atoms with Crippen LogP contribution in [0.1, 0.15) is 27.6 Å². The Hall–Kier alpha value is -2.94. The lowest BCUT2D eigenvalue weighted by atomic mass is 10.1. The molecule has 1 amide bonds. The van der Waals surface area contributed by atoms with Crippen molar-refractivity contribution in [3.63, 3.8) is 0 Å². The van der Waals surface area contributed by atoms with Gasteiger partial charge in [-0.1, -0.05) is 18.2 Å². The van der Waals surface area contributed by atoms with E-state index < -0.39 is 0 Å². The van der Waals surface area contributed by atoms with Gasteiger partial charge in [-0.15, -0.1) is 11.3 Å². The van der Waals surface area contributed by atoms with E-state index in [1.165, 1.54) is 5.69 Å². The summed E-state index contributed by atoms with van der Waals surface area (Å²) in [5.74, 6) is 1.16. The summed E-state index contributed by atoms with van der Waals surface area (Å²) in [6, 6.07) is 9.55. The number of fused-ring (bicyclic) bond motifs is 1. The Morgan fingerprint density at radius 1 is 1.26 bits per heavy atom. The van der Waals surface area contributed by atoms with Gasteiger partial charge in [0, 0.05) is 55.6 Å². The highest BCUT2D eigenvalue weighted by atomic mass is 32.1. The summed E-state index contributed by atoms with van der Waals surface area (Å²) in [6.07, 6.45) is 2.07. The minimum Gasteiger partial charge on any atom is -0.466 e. The molecule has 0 radical (unpaired) electrons. The van der Waals surface area contributed by atoms with Gasteiger partial charge in [0.05, 0.1) is 16.9 Å². The van der Waals surface area contributed by atoms with Crippen LogP contribution in [-0.4, -0.2) is 46.4 Å². The number of rotatable bonds is 5. The Morgan fingerprint density at radius 3 is 2.84 bits per heavy atom. The molecule has 1 saturated heterocycles. The topological polar surface area (TPSA) is 74.8 Å². The summed E-state index contributed by atoms with van der Waals surface area (Å²) in [4.78, 5) is 21.1. The van der Waals surface area contributed by atoms with Crippen molar-refractivity contribution < 1.29 is 9.21 Å². The van der Waals surface area contributed by atoms with E-state index in [4.69, 9.17) is 9.40 Å². The van der Waals surface area contributed by atoms with Crippen molar-refractivity contribution in [2.24, 2.45) is 0 Å². The van der Waals surface area contributed by atoms with Gasteiger partial charge < -0.3 is 15.1 Å². The Kier molecular flexibility index (Phi) is 5.35. The number of benzene rings is 1. The molecule has 3 aromatic heterocycles. The van der Waals surface area contributed by atoms with Gasteiger partial charge in [-0.2, -0.15) is 0 Å². The molecule has 7 nitrogen and oxygen atoms in total. The van der Waals surface area contributed by atoms with Crippen LogP contribution in [-0.2, 0) is 6.54 Å². The minimum absolute atomic E-state index is 0.179. The van der Waals surface area contributed by atoms with Gasteiger partial charge in [-0.05, 0) is 26.0 Å². The number of amides is 1. The molecule has 0 bridgehead atoms. The molecule has 0 aliphatic carbocycles. The molecule has 1 aromatic carbocycles. The van der Waals surface area contributed by atoms with Crippen molar-refractivity contribution in [3.05, 3.63) is 64.7 Å². The number of nitrogens with zero attached hydrogens (tertiary/aromatic N) is 3. The molecule has 160 valence electrons. The van der Waals surface area contributed by atoms with Gasteiger partial charge in [-0.3, -0.25) is 14.1 Å². The fourth-order valence-corrected chi connectivity index (χ4v) is 4.90. The number of furan rings is 1. The van der Waals surface area contributed by atoms with Gasteiger partial charge in [0.2, 0.25) is 0 Å². The van der Waals surface area contributed by atoms with E-state index in [1.807, 2.05) is 31.2 Å². The number of anilines is 1. The second kappa shape index (κ2) is 8.30. The first-order chi connectivity index (χ1) is 15.1. The van der Waals surface area contributed by atoms with Crippen LogP contribution in [0.5, 0.6) is 0 Å². The zero-order valence-electron chi connectivity index (χ0n) is 17.6. The Balaban J connectivity index is 1.43. The number of imidazole rings is 1. The van der Waals surface area contributed by atoms with Crippen LogP contribution in [0.2, 0.25) is 0 Å². The second-order valence-corrected chi connectivity index (χ2v) is 8.70. The van der Waals surface area contributed by atoms with Gasteiger partial charge >= 0.3 is 0 Å². The number of aryl methyl sites for hydroxylation is 2. The molecular formula is C23H25N5O2S. The first kappa shape index (κ1) is 20.0. The molecule has 4 heterocycles. The number of hydrogen-bond acceptors (Lipinski definition) is 6. The molecule has 8 heteroatoms. The molecule has 0 saturated carbocycles. The molecule has 1 aliphatic heterocycles. The normalized spacial score (nSPS) is 14.9. The maximum atomic E-state index is 12.8. The van der Waals surface area contributed by atoms with E-state index in [-0.39, 0.29) is 5.91 Å². The van der Waals surface area contributed by atoms with Crippen LogP contribution in [0.3, 0.4) is 0 Å². The second-order valence-electron chi connectivity index (χ2n) is 7.86. The average molecular weight is 436 g/mol. The molecule has 5 rings (SSSR count). The quantitative estimate of drug-likeness (QED) is 0.497. The molecule has 1 aliphatic rings. The Morgan fingerprint density at radius 2 is 2.06 bits per heavy atom. The van der Waals surface area contributed by atoms with Crippen LogP contribution >= 0.6 is 11.3 Å². The smallest absolute Gasteiger partial charge is 0.259 e. The summed E-state index contributed by atoms with van der Waals surface area (Å²) >= 11 is 1.65. The monoisotopic (exact) mass is 435 g/mol. The fraction of sp³-hybridized carbons (Fsp3) is 0.304. The fourth-order valence-electron chi connectivity index (χ4n) is 4.03. The number of carbonyl (C=O) groups is 1. The maximum absolute atomic E-state index is 12.8. The van der Waals surface area contributed by atoms with Crippen LogP contribution in [0.15, 0.2) is 46.3 Å². The number of aromatic nitrogens is 2. The SMILES string of the molecule is Cc1cc(C(=O)Nc2ccccc2-c2cn3c(CN4CCNCC4)csc3n2)c(C)o1. The largest absolute Gasteiger partial charge is 0.466 e. The summed E-state index contributed by atoms with van der Waals surface area (Å²) in [6.45, 7) is 8.73. The molecule has 2 N–H and O–H groups in total. The zero-order chi connectivity index (χ0) is 21.4. The van der Waals surface area contributed by atoms with Gasteiger partial charge in [0.15, 0.2) is 4.96 Å². The number of nitrogens with one attached hydrogen (secondary N) is 2. The number of para-hydroxylation sites is 1. The molecule has 1 fully saturated rings. The van der Waals surface area contributed by atoms with Gasteiger partial charge in [0.25, 0.3) is 5.91 Å². The predicted molar refractivity (Wildman–Crippen MR) is 123 cm³/mol. The molecular weight excluding hydrogens is 410 g/mol. The summed E-state index contributed by atoms with van der Waals surface area (Å²) < 4.78 is 7.68. The van der Waals surface area contributed by atoms with Crippen molar-refractivity contribution >= 4 is 27.9 Å². The van der Waals surface area contributed by atoms with Crippen LogP contribution < -0.4 is 10.6 Å². The van der Waals surface area contributed by atoms with E-state index in [1.54, 1.807) is 24.3 Å². The molecule has 0 atom stereocenters. The maximum Gasteiger partial charge on any atom is 0.259 e. The lowest BCUT2D eigenvalue weighted by molar-refractivity contribution is 0.102. The van der Waals surface area contributed by atoms with Crippen LogP contribution in [0.4, 0.5) is 5.69 Å². The van der Waals surface area contributed by atoms with Crippen molar-refractivity contribution in [1.82, 2.24) is 19.6 Å². The summed E-state index contributed by atoms with van der Waals surface area (Å²) in [5.41, 5.74) is 4.28. The highest BCUT2D eigenvalue weighted by molar-refractivity contribution is 7.15.